The van der Waals surface area contributed by atoms with Crippen LogP contribution in [-0.2, 0) is 17.1 Å². The number of ether oxygens (including phenoxy) is 1. The normalized spacial score (nSPS) is 19.7. The van der Waals surface area contributed by atoms with Crippen molar-refractivity contribution in [2.24, 2.45) is 7.05 Å². The molecule has 2 aromatic rings. The van der Waals surface area contributed by atoms with Gasteiger partial charge in [-0.05, 0) is 12.1 Å². The highest BCUT2D eigenvalue weighted by atomic mass is 32.2. The minimum Gasteiger partial charge on any atom is -0.495 e. The Balaban J connectivity index is 2.05. The van der Waals surface area contributed by atoms with Crippen LogP contribution in [0.5, 0.6) is 5.75 Å². The summed E-state index contributed by atoms with van der Waals surface area (Å²) in [5.41, 5.74) is 0. The summed E-state index contributed by atoms with van der Waals surface area (Å²) in [4.78, 5) is 4.51. The van der Waals surface area contributed by atoms with Gasteiger partial charge in [0, 0.05) is 39.1 Å². The Labute approximate surface area is 135 Å². The van der Waals surface area contributed by atoms with Crippen LogP contribution >= 0.6 is 0 Å². The van der Waals surface area contributed by atoms with Crippen LogP contribution in [0.1, 0.15) is 11.9 Å². The number of hydrogen-bond donors (Lipinski definition) is 1. The summed E-state index contributed by atoms with van der Waals surface area (Å²) in [5.74, 6) is 1.07. The number of sulfonamides is 1. The van der Waals surface area contributed by atoms with Gasteiger partial charge < -0.3 is 14.6 Å². The Morgan fingerprint density at radius 3 is 2.83 bits per heavy atom. The van der Waals surface area contributed by atoms with Crippen LogP contribution in [-0.4, -0.2) is 49.0 Å². The fraction of sp³-hybridized carbons (Fsp3) is 0.400. The van der Waals surface area contributed by atoms with Gasteiger partial charge in [0.1, 0.15) is 16.5 Å². The quantitative estimate of drug-likeness (QED) is 0.892. The molecule has 0 saturated carbocycles. The molecule has 1 aromatic carbocycles. The van der Waals surface area contributed by atoms with Gasteiger partial charge in [0.2, 0.25) is 10.0 Å². The van der Waals surface area contributed by atoms with Gasteiger partial charge in [-0.3, -0.25) is 0 Å². The molecule has 1 saturated heterocycles. The molecule has 7 nitrogen and oxygen atoms in total. The van der Waals surface area contributed by atoms with Crippen molar-refractivity contribution in [1.29, 1.82) is 0 Å². The average molecular weight is 336 g/mol. The highest BCUT2D eigenvalue weighted by molar-refractivity contribution is 7.89. The van der Waals surface area contributed by atoms with E-state index >= 15 is 0 Å². The zero-order chi connectivity index (χ0) is 16.4. The third kappa shape index (κ3) is 2.85. The maximum Gasteiger partial charge on any atom is 0.247 e. The fourth-order valence-electron chi connectivity index (χ4n) is 2.85. The Morgan fingerprint density at radius 1 is 1.35 bits per heavy atom. The Morgan fingerprint density at radius 2 is 2.13 bits per heavy atom. The minimum atomic E-state index is -3.68. The number of nitrogens with one attached hydrogen (secondary N) is 1. The molecule has 0 aliphatic carbocycles. The second-order valence-corrected chi connectivity index (χ2v) is 7.24. The highest BCUT2D eigenvalue weighted by Gasteiger charge is 2.37. The molecule has 8 heteroatoms. The number of nitrogens with zero attached hydrogens (tertiary/aromatic N) is 3. The summed E-state index contributed by atoms with van der Waals surface area (Å²) in [7, 11) is -0.341. The summed E-state index contributed by atoms with van der Waals surface area (Å²) in [5, 5.41) is 3.24. The van der Waals surface area contributed by atoms with Crippen LogP contribution in [0.3, 0.4) is 0 Å². The van der Waals surface area contributed by atoms with Crippen molar-refractivity contribution in [3.63, 3.8) is 0 Å². The molecule has 0 bridgehead atoms. The van der Waals surface area contributed by atoms with Gasteiger partial charge in [0.25, 0.3) is 0 Å². The average Bonchev–Trinajstić information content (AvgIpc) is 3.00. The van der Waals surface area contributed by atoms with Gasteiger partial charge in [0.15, 0.2) is 0 Å². The molecule has 1 atom stereocenters. The van der Waals surface area contributed by atoms with E-state index in [1.807, 2.05) is 17.8 Å². The summed E-state index contributed by atoms with van der Waals surface area (Å²) in [6.45, 7) is 1.52. The SMILES string of the molecule is COc1ccccc1S(=O)(=O)N1CCNCC1c1nccn1C. The number of hydrogen-bond acceptors (Lipinski definition) is 5. The molecule has 1 fully saturated rings. The lowest BCUT2D eigenvalue weighted by molar-refractivity contribution is 0.257. The molecule has 0 radical (unpaired) electrons. The smallest absolute Gasteiger partial charge is 0.247 e. The first kappa shape index (κ1) is 16.0. The lowest BCUT2D eigenvalue weighted by Crippen LogP contribution is -2.49. The topological polar surface area (TPSA) is 76.5 Å². The van der Waals surface area contributed by atoms with Crippen molar-refractivity contribution >= 4 is 10.0 Å². The van der Waals surface area contributed by atoms with E-state index in [1.165, 1.54) is 11.4 Å². The number of para-hydroxylation sites is 1. The first-order valence-corrected chi connectivity index (χ1v) is 8.82. The van der Waals surface area contributed by atoms with Gasteiger partial charge in [0.05, 0.1) is 13.2 Å². The van der Waals surface area contributed by atoms with E-state index in [0.717, 1.165) is 5.82 Å². The third-order valence-electron chi connectivity index (χ3n) is 4.01. The molecule has 23 heavy (non-hydrogen) atoms. The summed E-state index contributed by atoms with van der Waals surface area (Å²) < 4.78 is 34.9. The predicted octanol–water partition coefficient (Wildman–Crippen LogP) is 0.764. The van der Waals surface area contributed by atoms with E-state index < -0.39 is 10.0 Å². The maximum absolute atomic E-state index is 13.2. The molecular weight excluding hydrogens is 316 g/mol. The zero-order valence-electron chi connectivity index (χ0n) is 13.1. The summed E-state index contributed by atoms with van der Waals surface area (Å²) >= 11 is 0. The van der Waals surface area contributed by atoms with E-state index in [0.29, 0.717) is 25.4 Å². The fourth-order valence-corrected chi connectivity index (χ4v) is 4.59. The van der Waals surface area contributed by atoms with Crippen LogP contribution in [0, 0.1) is 0 Å². The second kappa shape index (κ2) is 6.31. The van der Waals surface area contributed by atoms with Crippen LogP contribution in [0.25, 0.3) is 0 Å². The van der Waals surface area contributed by atoms with Crippen molar-refractivity contribution in [2.75, 3.05) is 26.7 Å². The first-order chi connectivity index (χ1) is 11.1. The van der Waals surface area contributed by atoms with Crippen molar-refractivity contribution in [3.8, 4) is 5.75 Å². The van der Waals surface area contributed by atoms with Crippen molar-refractivity contribution in [3.05, 3.63) is 42.5 Å². The standard InChI is InChI=1S/C15H20N4O3S/c1-18-9-8-17-15(18)12-11-16-7-10-19(12)23(20,21)14-6-4-3-5-13(14)22-2/h3-6,8-9,12,16H,7,10-11H2,1-2H3. The predicted molar refractivity (Wildman–Crippen MR) is 85.7 cm³/mol. The number of aryl methyl sites for hydroxylation is 1. The summed E-state index contributed by atoms with van der Waals surface area (Å²) in [6, 6.07) is 6.34. The molecule has 124 valence electrons. The van der Waals surface area contributed by atoms with Crippen molar-refractivity contribution < 1.29 is 13.2 Å². The van der Waals surface area contributed by atoms with Gasteiger partial charge in [-0.2, -0.15) is 4.31 Å². The van der Waals surface area contributed by atoms with Gasteiger partial charge in [-0.1, -0.05) is 12.1 Å². The Hall–Kier alpha value is -1.90. The van der Waals surface area contributed by atoms with Crippen molar-refractivity contribution in [2.45, 2.75) is 10.9 Å². The van der Waals surface area contributed by atoms with Crippen molar-refractivity contribution in [1.82, 2.24) is 19.2 Å². The molecule has 1 N–H and O–H groups in total. The molecule has 1 aliphatic heterocycles. The van der Waals surface area contributed by atoms with Gasteiger partial charge in [-0.15, -0.1) is 0 Å². The lowest BCUT2D eigenvalue weighted by Gasteiger charge is -2.34. The molecular formula is C15H20N4O3S. The first-order valence-electron chi connectivity index (χ1n) is 7.38. The largest absolute Gasteiger partial charge is 0.495 e. The molecule has 1 aliphatic rings. The van der Waals surface area contributed by atoms with E-state index in [1.54, 1.807) is 30.5 Å². The number of benzene rings is 1. The molecule has 1 aromatic heterocycles. The molecule has 3 rings (SSSR count). The molecule has 2 heterocycles. The van der Waals surface area contributed by atoms with Gasteiger partial charge >= 0.3 is 0 Å². The van der Waals surface area contributed by atoms with E-state index in [9.17, 15) is 8.42 Å². The highest BCUT2D eigenvalue weighted by Crippen LogP contribution is 2.32. The summed E-state index contributed by atoms with van der Waals surface area (Å²) in [6.07, 6.45) is 3.50. The van der Waals surface area contributed by atoms with Crippen LogP contribution < -0.4 is 10.1 Å². The number of piperazine rings is 1. The second-order valence-electron chi connectivity index (χ2n) is 5.38. The monoisotopic (exact) mass is 336 g/mol. The Bertz CT molecular complexity index is 788. The van der Waals surface area contributed by atoms with Crippen LogP contribution in [0.15, 0.2) is 41.6 Å². The van der Waals surface area contributed by atoms with E-state index in [2.05, 4.69) is 10.3 Å². The molecule has 1 unspecified atom stereocenters. The zero-order valence-corrected chi connectivity index (χ0v) is 14.0. The Kier molecular flexibility index (Phi) is 4.38. The van der Waals surface area contributed by atoms with Crippen LogP contribution in [0.2, 0.25) is 0 Å². The number of aromatic nitrogens is 2. The number of methoxy groups -OCH3 is 1. The minimum absolute atomic E-state index is 0.184. The van der Waals surface area contributed by atoms with Gasteiger partial charge in [-0.25, -0.2) is 13.4 Å². The van der Waals surface area contributed by atoms with E-state index in [4.69, 9.17) is 4.74 Å². The van der Waals surface area contributed by atoms with E-state index in [-0.39, 0.29) is 10.9 Å². The van der Waals surface area contributed by atoms with Crippen LogP contribution in [0.4, 0.5) is 0 Å². The number of rotatable bonds is 4. The molecule has 0 amide bonds. The number of imidazole rings is 1. The molecule has 0 spiro atoms. The third-order valence-corrected chi connectivity index (χ3v) is 5.95. The lowest BCUT2D eigenvalue weighted by atomic mass is 10.2. The maximum atomic E-state index is 13.2.